The summed E-state index contributed by atoms with van der Waals surface area (Å²) in [5.41, 5.74) is -5.01. The van der Waals surface area contributed by atoms with Crippen molar-refractivity contribution in [3.8, 4) is 0 Å². The van der Waals surface area contributed by atoms with Gasteiger partial charge in [0.05, 0.1) is 11.3 Å². The van der Waals surface area contributed by atoms with Gasteiger partial charge in [0.1, 0.15) is 6.04 Å². The number of halogens is 7. The number of alkyl halides is 6. The molecule has 0 spiro atoms. The van der Waals surface area contributed by atoms with E-state index in [1.165, 1.54) is 19.1 Å². The third-order valence-electron chi connectivity index (χ3n) is 6.53. The summed E-state index contributed by atoms with van der Waals surface area (Å²) < 4.78 is 83.6. The lowest BCUT2D eigenvalue weighted by atomic mass is 9.84. The summed E-state index contributed by atoms with van der Waals surface area (Å²) in [5, 5.41) is 9.73. The Balaban J connectivity index is 1.72. The van der Waals surface area contributed by atoms with Crippen LogP contribution in [0.4, 0.5) is 26.3 Å². The van der Waals surface area contributed by atoms with E-state index in [9.17, 15) is 35.9 Å². The number of nitrogens with one attached hydrogen (secondary N) is 2. The van der Waals surface area contributed by atoms with E-state index in [0.717, 1.165) is 6.07 Å². The number of benzene rings is 3. The van der Waals surface area contributed by atoms with Gasteiger partial charge in [-0.25, -0.2) is 0 Å². The molecule has 0 saturated carbocycles. The van der Waals surface area contributed by atoms with E-state index in [1.54, 1.807) is 38.1 Å². The highest BCUT2D eigenvalue weighted by molar-refractivity contribution is 9.10. The van der Waals surface area contributed by atoms with E-state index < -0.39 is 53.4 Å². The van der Waals surface area contributed by atoms with Gasteiger partial charge in [-0.05, 0) is 55.8 Å². The van der Waals surface area contributed by atoms with Gasteiger partial charge in [-0.15, -0.1) is 0 Å². The maximum atomic E-state index is 14.5. The molecular weight excluding hydrogens is 620 g/mol. The predicted molar refractivity (Wildman–Crippen MR) is 143 cm³/mol. The molecular formula is C28H24BrF6N3O3. The lowest BCUT2D eigenvalue weighted by Crippen LogP contribution is -2.46. The minimum Gasteiger partial charge on any atom is -0.374 e. The largest absolute Gasteiger partial charge is 0.435 e. The van der Waals surface area contributed by atoms with Gasteiger partial charge in [0.15, 0.2) is 0 Å². The van der Waals surface area contributed by atoms with Gasteiger partial charge < -0.3 is 15.5 Å². The number of fused-ring (bicyclic) bond motifs is 1. The van der Waals surface area contributed by atoms with Gasteiger partial charge >= 0.3 is 12.4 Å². The molecule has 3 aromatic carbocycles. The van der Waals surface area contributed by atoms with Gasteiger partial charge in [0.25, 0.3) is 11.5 Å². The third-order valence-corrected chi connectivity index (χ3v) is 6.99. The van der Waals surface area contributed by atoms with E-state index in [0.29, 0.717) is 22.9 Å². The van der Waals surface area contributed by atoms with E-state index in [-0.39, 0.29) is 27.4 Å². The van der Waals surface area contributed by atoms with Crippen molar-refractivity contribution in [1.82, 2.24) is 10.6 Å². The van der Waals surface area contributed by atoms with Crippen molar-refractivity contribution in [3.63, 3.8) is 0 Å². The van der Waals surface area contributed by atoms with Crippen LogP contribution in [0.5, 0.6) is 0 Å². The molecule has 1 heterocycles. The average Bonchev–Trinajstić information content (AvgIpc) is 3.33. The van der Waals surface area contributed by atoms with Crippen molar-refractivity contribution in [2.75, 3.05) is 0 Å². The number of oxime groups is 1. The zero-order valence-electron chi connectivity index (χ0n) is 21.9. The smallest absolute Gasteiger partial charge is 0.374 e. The normalized spacial score (nSPS) is 18.2. The summed E-state index contributed by atoms with van der Waals surface area (Å²) in [6.45, 7) is 5.06. The topological polar surface area (TPSA) is 79.8 Å². The van der Waals surface area contributed by atoms with E-state index in [4.69, 9.17) is 4.84 Å². The molecule has 2 atom stereocenters. The Bertz CT molecular complexity index is 1540. The van der Waals surface area contributed by atoms with Crippen molar-refractivity contribution in [2.24, 2.45) is 5.16 Å². The second-order valence-corrected chi connectivity index (χ2v) is 10.8. The predicted octanol–water partition coefficient (Wildman–Crippen LogP) is 6.85. The number of amides is 2. The second-order valence-electron chi connectivity index (χ2n) is 9.92. The van der Waals surface area contributed by atoms with Crippen LogP contribution in [0.3, 0.4) is 0 Å². The van der Waals surface area contributed by atoms with Crippen LogP contribution in [-0.2, 0) is 21.4 Å². The molecule has 0 radical (unpaired) electrons. The van der Waals surface area contributed by atoms with E-state index >= 15 is 0 Å². The first-order valence-corrected chi connectivity index (χ1v) is 13.2. The molecule has 0 saturated heterocycles. The Morgan fingerprint density at radius 2 is 1.61 bits per heavy atom. The first-order valence-electron chi connectivity index (χ1n) is 12.4. The molecule has 6 nitrogen and oxygen atoms in total. The summed E-state index contributed by atoms with van der Waals surface area (Å²) in [6, 6.07) is 10.2. The van der Waals surface area contributed by atoms with E-state index in [1.807, 2.05) is 0 Å². The third kappa shape index (κ3) is 6.04. The van der Waals surface area contributed by atoms with Crippen molar-refractivity contribution < 1.29 is 40.8 Å². The molecule has 2 N–H and O–H groups in total. The molecule has 0 aliphatic carbocycles. The van der Waals surface area contributed by atoms with E-state index in [2.05, 4.69) is 31.7 Å². The fraction of sp³-hybridized carbons (Fsp3) is 0.321. The number of nitrogens with zero attached hydrogens (tertiary/aromatic N) is 1. The van der Waals surface area contributed by atoms with Crippen LogP contribution in [0.1, 0.15) is 54.2 Å². The van der Waals surface area contributed by atoms with Crippen LogP contribution in [0.2, 0.25) is 0 Å². The highest BCUT2D eigenvalue weighted by Gasteiger charge is 2.62. The van der Waals surface area contributed by atoms with Gasteiger partial charge in [-0.2, -0.15) is 26.3 Å². The van der Waals surface area contributed by atoms with Crippen LogP contribution in [0.15, 0.2) is 64.2 Å². The molecule has 41 heavy (non-hydrogen) atoms. The van der Waals surface area contributed by atoms with Gasteiger partial charge in [0.2, 0.25) is 5.91 Å². The van der Waals surface area contributed by atoms with Crippen LogP contribution >= 0.6 is 15.9 Å². The Morgan fingerprint density at radius 1 is 0.951 bits per heavy atom. The zero-order chi connectivity index (χ0) is 30.3. The lowest BCUT2D eigenvalue weighted by molar-refractivity contribution is -0.276. The molecule has 218 valence electrons. The number of hydrogen-bond donors (Lipinski definition) is 2. The molecule has 3 aromatic rings. The minimum absolute atomic E-state index is 0.141. The Labute approximate surface area is 239 Å². The van der Waals surface area contributed by atoms with Crippen molar-refractivity contribution in [3.05, 3.63) is 81.3 Å². The Hall–Kier alpha value is -3.61. The van der Waals surface area contributed by atoms with Crippen molar-refractivity contribution >= 4 is 44.2 Å². The number of carbonyl (C=O) groups is 2. The molecule has 4 rings (SSSR count). The molecule has 0 fully saturated rings. The number of hydrogen-bond acceptors (Lipinski definition) is 4. The van der Waals surface area contributed by atoms with Gasteiger partial charge in [0, 0.05) is 33.6 Å². The van der Waals surface area contributed by atoms with Crippen LogP contribution in [0.25, 0.3) is 10.8 Å². The molecule has 0 aromatic heterocycles. The quantitative estimate of drug-likeness (QED) is 0.289. The molecule has 0 bridgehead atoms. The zero-order valence-corrected chi connectivity index (χ0v) is 23.5. The summed E-state index contributed by atoms with van der Waals surface area (Å²) in [6.07, 6.45) is -10.9. The second kappa shape index (κ2) is 11.0. The fourth-order valence-electron chi connectivity index (χ4n) is 4.53. The van der Waals surface area contributed by atoms with Crippen LogP contribution in [-0.4, -0.2) is 35.8 Å². The molecule has 2 unspecified atom stereocenters. The summed E-state index contributed by atoms with van der Waals surface area (Å²) in [7, 11) is 0. The standard InChI is InChI=1S/C28H24BrF6N3O3/c1-14(2)36-24(39)15(3)37-25(40)22-9-8-21(19-6-4-5-7-20(19)22)23-13-26(41-38-23,28(33,34)35)16-10-17(27(30,31)32)12-18(29)11-16/h4-12,14-15H,13H2,1-3H3,(H,36,39)(H,37,40). The maximum absolute atomic E-state index is 14.5. The molecule has 1 aliphatic heterocycles. The molecule has 1 aliphatic rings. The number of rotatable bonds is 6. The Kier molecular flexibility index (Phi) is 8.14. The average molecular weight is 644 g/mol. The van der Waals surface area contributed by atoms with Gasteiger partial charge in [-0.1, -0.05) is 51.4 Å². The van der Waals surface area contributed by atoms with Crippen LogP contribution < -0.4 is 10.6 Å². The summed E-state index contributed by atoms with van der Waals surface area (Å²) in [5.74, 6) is -0.973. The lowest BCUT2D eigenvalue weighted by Gasteiger charge is -2.30. The van der Waals surface area contributed by atoms with Crippen molar-refractivity contribution in [2.45, 2.75) is 57.2 Å². The highest BCUT2D eigenvalue weighted by Crippen LogP contribution is 2.50. The molecule has 2 amide bonds. The fourth-order valence-corrected chi connectivity index (χ4v) is 5.03. The molecule has 13 heteroatoms. The monoisotopic (exact) mass is 643 g/mol. The van der Waals surface area contributed by atoms with Crippen molar-refractivity contribution in [1.29, 1.82) is 0 Å². The van der Waals surface area contributed by atoms with Gasteiger partial charge in [-0.3, -0.25) is 9.59 Å². The summed E-state index contributed by atoms with van der Waals surface area (Å²) >= 11 is 2.87. The van der Waals surface area contributed by atoms with Crippen LogP contribution in [0, 0.1) is 0 Å². The first kappa shape index (κ1) is 30.4. The SMILES string of the molecule is CC(C)NC(=O)C(C)NC(=O)c1ccc(C2=NOC(c3cc(Br)cc(C(F)(F)F)c3)(C(F)(F)F)C2)c2ccccc12. The minimum atomic E-state index is -5.13. The number of carbonyl (C=O) groups excluding carboxylic acids is 2. The first-order chi connectivity index (χ1) is 19.0. The summed E-state index contributed by atoms with van der Waals surface area (Å²) in [4.78, 5) is 30.3. The highest BCUT2D eigenvalue weighted by atomic mass is 79.9. The Morgan fingerprint density at radius 3 is 2.22 bits per heavy atom. The maximum Gasteiger partial charge on any atom is 0.435 e.